The fourth-order valence-corrected chi connectivity index (χ4v) is 8.14. The van der Waals surface area contributed by atoms with Crippen LogP contribution in [0.15, 0.2) is 152 Å². The quantitative estimate of drug-likeness (QED) is 0.198. The Morgan fingerprint density at radius 1 is 0.447 bits per heavy atom. The minimum absolute atomic E-state index is 0.00224. The molecular weight excluding hydrogens is 571 g/mol. The van der Waals surface area contributed by atoms with Crippen molar-refractivity contribution in [1.82, 2.24) is 14.1 Å². The fourth-order valence-electron chi connectivity index (χ4n) is 8.14. The molecule has 1 aliphatic carbocycles. The zero-order valence-corrected chi connectivity index (χ0v) is 26.3. The van der Waals surface area contributed by atoms with E-state index in [2.05, 4.69) is 163 Å². The Bertz CT molecular complexity index is 2650. The van der Waals surface area contributed by atoms with Gasteiger partial charge in [-0.25, -0.2) is 4.98 Å². The molecule has 0 unspecified atom stereocenters. The number of fused-ring (bicyclic) bond motifs is 9. The second-order valence-electron chi connectivity index (χ2n) is 13.3. The third kappa shape index (κ3) is 3.65. The van der Waals surface area contributed by atoms with E-state index >= 15 is 0 Å². The number of para-hydroxylation sites is 2. The highest BCUT2D eigenvalue weighted by Gasteiger charge is 2.35. The van der Waals surface area contributed by atoms with Gasteiger partial charge in [-0.1, -0.05) is 105 Å². The summed E-state index contributed by atoms with van der Waals surface area (Å²) in [6, 6.07) is 53.2. The van der Waals surface area contributed by atoms with Crippen molar-refractivity contribution in [2.24, 2.45) is 0 Å². The summed E-state index contributed by atoms with van der Waals surface area (Å²) >= 11 is 0. The van der Waals surface area contributed by atoms with E-state index in [9.17, 15) is 0 Å². The zero-order valence-electron chi connectivity index (χ0n) is 26.3. The second kappa shape index (κ2) is 9.54. The van der Waals surface area contributed by atoms with Crippen LogP contribution in [0.4, 0.5) is 0 Å². The van der Waals surface area contributed by atoms with Gasteiger partial charge in [0, 0.05) is 44.5 Å². The maximum absolute atomic E-state index is 4.85. The van der Waals surface area contributed by atoms with E-state index in [4.69, 9.17) is 4.98 Å². The molecule has 0 radical (unpaired) electrons. The van der Waals surface area contributed by atoms with E-state index in [1.807, 2.05) is 12.3 Å². The van der Waals surface area contributed by atoms with E-state index in [0.29, 0.717) is 0 Å². The van der Waals surface area contributed by atoms with Crippen molar-refractivity contribution in [3.05, 3.63) is 163 Å². The zero-order chi connectivity index (χ0) is 31.3. The van der Waals surface area contributed by atoms with E-state index in [-0.39, 0.29) is 5.41 Å². The Hall–Kier alpha value is -5.93. The molecule has 0 amide bonds. The lowest BCUT2D eigenvalue weighted by atomic mass is 9.82. The molecule has 47 heavy (non-hydrogen) atoms. The van der Waals surface area contributed by atoms with Crippen molar-refractivity contribution in [3.8, 4) is 33.6 Å². The Kier molecular flexibility index (Phi) is 5.34. The lowest BCUT2D eigenvalue weighted by molar-refractivity contribution is 0.660. The first-order valence-electron chi connectivity index (χ1n) is 16.3. The predicted octanol–water partition coefficient (Wildman–Crippen LogP) is 11.2. The maximum Gasteiger partial charge on any atom is 0.145 e. The first-order chi connectivity index (χ1) is 23.1. The van der Waals surface area contributed by atoms with Crippen LogP contribution in [0.2, 0.25) is 0 Å². The molecule has 1 aliphatic rings. The molecule has 0 atom stereocenters. The highest BCUT2D eigenvalue weighted by Crippen LogP contribution is 2.49. The van der Waals surface area contributed by atoms with Gasteiger partial charge in [0.25, 0.3) is 0 Å². The van der Waals surface area contributed by atoms with Crippen LogP contribution in [0, 0.1) is 0 Å². The van der Waals surface area contributed by atoms with Crippen molar-refractivity contribution in [3.63, 3.8) is 0 Å². The Balaban J connectivity index is 1.21. The van der Waals surface area contributed by atoms with Crippen LogP contribution in [0.5, 0.6) is 0 Å². The molecule has 222 valence electrons. The molecule has 0 spiro atoms. The third-order valence-electron chi connectivity index (χ3n) is 10.4. The Labute approximate surface area is 273 Å². The van der Waals surface area contributed by atoms with Crippen molar-refractivity contribution in [1.29, 1.82) is 0 Å². The average molecular weight is 602 g/mol. The molecule has 0 saturated heterocycles. The van der Waals surface area contributed by atoms with Crippen LogP contribution in [-0.4, -0.2) is 14.1 Å². The van der Waals surface area contributed by atoms with Crippen molar-refractivity contribution in [2.75, 3.05) is 0 Å². The molecule has 0 aliphatic heterocycles. The lowest BCUT2D eigenvalue weighted by Gasteiger charge is -2.21. The standard InChI is InChI=1S/C44H31N3/c1-44(2)38-16-8-6-13-32(38)37-25-28(19-23-39(37)44)29-18-21-34-35-22-20-31(27-42(35)46(41(34)26-29)30-11-4-3-5-12-30)47-40-17-9-7-14-33(40)36-15-10-24-45-43(36)47/h3-27H,1-2H3. The molecule has 9 aromatic rings. The average Bonchev–Trinajstić information content (AvgIpc) is 3.71. The van der Waals surface area contributed by atoms with Crippen molar-refractivity contribution < 1.29 is 0 Å². The van der Waals surface area contributed by atoms with Gasteiger partial charge in [-0.3, -0.25) is 4.57 Å². The SMILES string of the molecule is CC1(C)c2ccccc2-c2cc(-c3ccc4c5ccc(-n6c7ccccc7c7cccnc76)cc5n(-c5ccccc5)c4c3)ccc21. The molecule has 0 saturated carbocycles. The minimum atomic E-state index is -0.00224. The van der Waals surface area contributed by atoms with E-state index in [0.717, 1.165) is 27.9 Å². The summed E-state index contributed by atoms with van der Waals surface area (Å²) in [7, 11) is 0. The third-order valence-corrected chi connectivity index (χ3v) is 10.4. The molecule has 3 heterocycles. The van der Waals surface area contributed by atoms with Gasteiger partial charge in [-0.15, -0.1) is 0 Å². The van der Waals surface area contributed by atoms with Gasteiger partial charge < -0.3 is 4.57 Å². The van der Waals surface area contributed by atoms with Crippen LogP contribution >= 0.6 is 0 Å². The largest absolute Gasteiger partial charge is 0.309 e. The molecular formula is C44H31N3. The number of aromatic nitrogens is 3. The van der Waals surface area contributed by atoms with E-state index < -0.39 is 0 Å². The van der Waals surface area contributed by atoms with Gasteiger partial charge in [0.2, 0.25) is 0 Å². The second-order valence-corrected chi connectivity index (χ2v) is 13.3. The number of hydrogen-bond donors (Lipinski definition) is 0. The number of rotatable bonds is 3. The van der Waals surface area contributed by atoms with Crippen molar-refractivity contribution >= 4 is 43.7 Å². The molecule has 0 fully saturated rings. The number of nitrogens with zero attached hydrogens (tertiary/aromatic N) is 3. The highest BCUT2D eigenvalue weighted by molar-refractivity contribution is 6.12. The summed E-state index contributed by atoms with van der Waals surface area (Å²) in [6.45, 7) is 4.68. The summed E-state index contributed by atoms with van der Waals surface area (Å²) in [5.41, 5.74) is 14.7. The number of pyridine rings is 1. The molecule has 3 nitrogen and oxygen atoms in total. The number of benzene rings is 6. The fraction of sp³-hybridized carbons (Fsp3) is 0.0682. The number of hydrogen-bond acceptors (Lipinski definition) is 1. The summed E-state index contributed by atoms with van der Waals surface area (Å²) < 4.78 is 4.72. The molecule has 10 rings (SSSR count). The lowest BCUT2D eigenvalue weighted by Crippen LogP contribution is -2.14. The van der Waals surface area contributed by atoms with Gasteiger partial charge in [0.15, 0.2) is 0 Å². The summed E-state index contributed by atoms with van der Waals surface area (Å²) in [6.07, 6.45) is 1.89. The first kappa shape index (κ1) is 26.3. The van der Waals surface area contributed by atoms with Gasteiger partial charge >= 0.3 is 0 Å². The Morgan fingerprint density at radius 3 is 2.00 bits per heavy atom. The monoisotopic (exact) mass is 601 g/mol. The van der Waals surface area contributed by atoms with Gasteiger partial charge in [-0.05, 0) is 88.0 Å². The molecule has 0 bridgehead atoms. The normalized spacial score (nSPS) is 13.5. The summed E-state index contributed by atoms with van der Waals surface area (Å²) in [5, 5.41) is 4.85. The first-order valence-corrected chi connectivity index (χ1v) is 16.3. The van der Waals surface area contributed by atoms with Crippen LogP contribution < -0.4 is 0 Å². The van der Waals surface area contributed by atoms with E-state index in [1.165, 1.54) is 60.6 Å². The molecule has 6 aromatic carbocycles. The Morgan fingerprint density at radius 2 is 1.11 bits per heavy atom. The van der Waals surface area contributed by atoms with Gasteiger partial charge in [-0.2, -0.15) is 0 Å². The topological polar surface area (TPSA) is 22.8 Å². The highest BCUT2D eigenvalue weighted by atomic mass is 15.1. The maximum atomic E-state index is 4.85. The van der Waals surface area contributed by atoms with Gasteiger partial charge in [0.1, 0.15) is 5.65 Å². The molecule has 0 N–H and O–H groups in total. The minimum Gasteiger partial charge on any atom is -0.309 e. The summed E-state index contributed by atoms with van der Waals surface area (Å²) in [4.78, 5) is 4.85. The van der Waals surface area contributed by atoms with Crippen molar-refractivity contribution in [2.45, 2.75) is 19.3 Å². The van der Waals surface area contributed by atoms with Crippen LogP contribution in [0.1, 0.15) is 25.0 Å². The smallest absolute Gasteiger partial charge is 0.145 e. The summed E-state index contributed by atoms with van der Waals surface area (Å²) in [5.74, 6) is 0. The van der Waals surface area contributed by atoms with Crippen LogP contribution in [0.25, 0.3) is 77.4 Å². The predicted molar refractivity (Wildman–Crippen MR) is 196 cm³/mol. The van der Waals surface area contributed by atoms with Gasteiger partial charge in [0.05, 0.1) is 16.6 Å². The van der Waals surface area contributed by atoms with Crippen LogP contribution in [-0.2, 0) is 5.41 Å². The molecule has 3 aromatic heterocycles. The van der Waals surface area contributed by atoms with E-state index in [1.54, 1.807) is 0 Å². The van der Waals surface area contributed by atoms with Crippen LogP contribution in [0.3, 0.4) is 0 Å². The molecule has 3 heteroatoms.